The van der Waals surface area contributed by atoms with E-state index in [-0.39, 0.29) is 6.04 Å². The molecule has 5 atom stereocenters. The second kappa shape index (κ2) is 5.18. The molecule has 3 aliphatic carbocycles. The summed E-state index contributed by atoms with van der Waals surface area (Å²) in [5.74, 6) is 3.40. The fourth-order valence-electron chi connectivity index (χ4n) is 5.43. The third-order valence-electron chi connectivity index (χ3n) is 6.33. The van der Waals surface area contributed by atoms with Gasteiger partial charge in [0.15, 0.2) is 0 Å². The minimum absolute atomic E-state index is 0.255. The van der Waals surface area contributed by atoms with Crippen molar-refractivity contribution in [2.24, 2.45) is 29.6 Å². The largest absolute Gasteiger partial charge is 0.319 e. The molecule has 1 aliphatic heterocycles. The fourth-order valence-corrected chi connectivity index (χ4v) is 7.01. The van der Waals surface area contributed by atoms with E-state index < -0.39 is 10.2 Å². The smallest absolute Gasteiger partial charge is 0.279 e. The number of fused-ring (bicyclic) bond motifs is 5. The lowest BCUT2D eigenvalue weighted by molar-refractivity contribution is 0.260. The van der Waals surface area contributed by atoms with Crippen molar-refractivity contribution in [1.82, 2.24) is 14.3 Å². The molecule has 120 valence electrons. The van der Waals surface area contributed by atoms with Gasteiger partial charge < -0.3 is 5.32 Å². The topological polar surface area (TPSA) is 61.4 Å². The Bertz CT molecular complexity index is 491. The van der Waals surface area contributed by atoms with Crippen LogP contribution in [0, 0.1) is 29.6 Å². The van der Waals surface area contributed by atoms with Gasteiger partial charge in [-0.25, -0.2) is 0 Å². The maximum absolute atomic E-state index is 12.6. The van der Waals surface area contributed by atoms with Gasteiger partial charge in [-0.05, 0) is 75.3 Å². The number of nitrogens with zero attached hydrogens (tertiary/aromatic N) is 1. The van der Waals surface area contributed by atoms with Gasteiger partial charge in [-0.2, -0.15) is 17.4 Å². The number of piperidine rings is 1. The van der Waals surface area contributed by atoms with Gasteiger partial charge in [0.1, 0.15) is 0 Å². The summed E-state index contributed by atoms with van der Waals surface area (Å²) in [7, 11) is -1.34. The molecule has 0 aromatic heterocycles. The molecule has 5 nitrogen and oxygen atoms in total. The molecular weight excluding hydrogens is 286 g/mol. The average molecular weight is 313 g/mol. The van der Waals surface area contributed by atoms with Crippen LogP contribution in [0.25, 0.3) is 0 Å². The second-order valence-corrected chi connectivity index (χ2v) is 9.26. The van der Waals surface area contributed by atoms with Gasteiger partial charge in [-0.15, -0.1) is 0 Å². The van der Waals surface area contributed by atoms with Gasteiger partial charge >= 0.3 is 0 Å². The van der Waals surface area contributed by atoms with Gasteiger partial charge in [0.25, 0.3) is 10.2 Å². The Balaban J connectivity index is 1.38. The van der Waals surface area contributed by atoms with E-state index in [2.05, 4.69) is 10.0 Å². The molecule has 21 heavy (non-hydrogen) atoms. The summed E-state index contributed by atoms with van der Waals surface area (Å²) in [5, 5.41) is 3.17. The zero-order valence-corrected chi connectivity index (χ0v) is 13.6. The van der Waals surface area contributed by atoms with Gasteiger partial charge in [-0.3, -0.25) is 0 Å². The van der Waals surface area contributed by atoms with E-state index in [9.17, 15) is 8.42 Å². The summed E-state index contributed by atoms with van der Waals surface area (Å²) in [4.78, 5) is 0. The standard InChI is InChI=1S/C15H27N3O2S/c1-16-8-10-3-2-6-18(9-10)21(19,20)17-15-13-11-4-5-12(7-11)14(13)15/h10-17H,2-9H2,1H3. The minimum Gasteiger partial charge on any atom is -0.319 e. The first kappa shape index (κ1) is 14.4. The van der Waals surface area contributed by atoms with E-state index in [1.807, 2.05) is 7.05 Å². The van der Waals surface area contributed by atoms with Crippen LogP contribution in [0.15, 0.2) is 0 Å². The molecule has 6 heteroatoms. The molecule has 4 rings (SSSR count). The molecule has 4 fully saturated rings. The van der Waals surface area contributed by atoms with E-state index in [1.54, 1.807) is 4.31 Å². The average Bonchev–Trinajstić information content (AvgIpc) is 2.85. The maximum atomic E-state index is 12.6. The zero-order valence-electron chi connectivity index (χ0n) is 12.8. The third kappa shape index (κ3) is 2.44. The summed E-state index contributed by atoms with van der Waals surface area (Å²) >= 11 is 0. The molecule has 0 radical (unpaired) electrons. The van der Waals surface area contributed by atoms with E-state index in [0.29, 0.717) is 30.8 Å². The van der Waals surface area contributed by atoms with Gasteiger partial charge in [0.2, 0.25) is 0 Å². The summed E-state index contributed by atoms with van der Waals surface area (Å²) in [5.41, 5.74) is 0. The van der Waals surface area contributed by atoms with Crippen LogP contribution in [-0.4, -0.2) is 45.4 Å². The number of hydrogen-bond acceptors (Lipinski definition) is 3. The first-order chi connectivity index (χ1) is 10.1. The van der Waals surface area contributed by atoms with Crippen LogP contribution in [-0.2, 0) is 10.2 Å². The molecule has 1 heterocycles. The van der Waals surface area contributed by atoms with E-state index >= 15 is 0 Å². The lowest BCUT2D eigenvalue weighted by atomic mass is 10.00. The predicted octanol–water partition coefficient (Wildman–Crippen LogP) is 0.797. The van der Waals surface area contributed by atoms with Gasteiger partial charge in [0, 0.05) is 19.1 Å². The van der Waals surface area contributed by atoms with Crippen molar-refractivity contribution in [3.05, 3.63) is 0 Å². The highest BCUT2D eigenvalue weighted by molar-refractivity contribution is 7.87. The molecule has 5 unspecified atom stereocenters. The number of hydrogen-bond donors (Lipinski definition) is 2. The molecule has 2 bridgehead atoms. The third-order valence-corrected chi connectivity index (χ3v) is 7.92. The molecular formula is C15H27N3O2S. The van der Waals surface area contributed by atoms with E-state index in [0.717, 1.165) is 31.2 Å². The van der Waals surface area contributed by atoms with Crippen LogP contribution in [0.4, 0.5) is 0 Å². The Morgan fingerprint density at radius 1 is 1.14 bits per heavy atom. The van der Waals surface area contributed by atoms with Crippen LogP contribution in [0.3, 0.4) is 0 Å². The van der Waals surface area contributed by atoms with Crippen molar-refractivity contribution in [2.45, 2.75) is 38.1 Å². The van der Waals surface area contributed by atoms with Crippen LogP contribution in [0.1, 0.15) is 32.1 Å². The van der Waals surface area contributed by atoms with Crippen molar-refractivity contribution < 1.29 is 8.42 Å². The van der Waals surface area contributed by atoms with Crippen LogP contribution >= 0.6 is 0 Å². The predicted molar refractivity (Wildman–Crippen MR) is 81.9 cm³/mol. The fraction of sp³-hybridized carbons (Fsp3) is 1.00. The Morgan fingerprint density at radius 3 is 2.52 bits per heavy atom. The highest BCUT2D eigenvalue weighted by Gasteiger charge is 2.66. The highest BCUT2D eigenvalue weighted by Crippen LogP contribution is 2.65. The van der Waals surface area contributed by atoms with Crippen molar-refractivity contribution in [2.75, 3.05) is 26.7 Å². The monoisotopic (exact) mass is 313 g/mol. The SMILES string of the molecule is CNCC1CCCN(S(=O)(=O)NC2C3C4CCC(C4)C23)C1. The van der Waals surface area contributed by atoms with Crippen molar-refractivity contribution in [3.63, 3.8) is 0 Å². The van der Waals surface area contributed by atoms with E-state index in [1.165, 1.54) is 19.3 Å². The van der Waals surface area contributed by atoms with Crippen molar-refractivity contribution >= 4 is 10.2 Å². The highest BCUT2D eigenvalue weighted by atomic mass is 32.2. The van der Waals surface area contributed by atoms with Crippen molar-refractivity contribution in [3.8, 4) is 0 Å². The maximum Gasteiger partial charge on any atom is 0.279 e. The number of rotatable bonds is 5. The van der Waals surface area contributed by atoms with Gasteiger partial charge in [0.05, 0.1) is 0 Å². The molecule has 0 aromatic carbocycles. The lowest BCUT2D eigenvalue weighted by Crippen LogP contribution is -2.48. The molecule has 4 aliphatic rings. The van der Waals surface area contributed by atoms with Crippen LogP contribution < -0.4 is 10.0 Å². The Kier molecular flexibility index (Phi) is 3.56. The summed E-state index contributed by atoms with van der Waals surface area (Å²) in [6, 6.07) is 0.255. The summed E-state index contributed by atoms with van der Waals surface area (Å²) < 4.78 is 30.0. The van der Waals surface area contributed by atoms with Gasteiger partial charge in [-0.1, -0.05) is 0 Å². The Labute approximate surface area is 128 Å². The molecule has 0 spiro atoms. The summed E-state index contributed by atoms with van der Waals surface area (Å²) in [6.45, 7) is 2.26. The van der Waals surface area contributed by atoms with E-state index in [4.69, 9.17) is 0 Å². The first-order valence-electron chi connectivity index (χ1n) is 8.52. The minimum atomic E-state index is -3.28. The Hall–Kier alpha value is -0.170. The zero-order chi connectivity index (χ0) is 14.6. The molecule has 3 saturated carbocycles. The molecule has 0 aromatic rings. The molecule has 0 amide bonds. The molecule has 1 saturated heterocycles. The van der Waals surface area contributed by atoms with Crippen molar-refractivity contribution in [1.29, 1.82) is 0 Å². The van der Waals surface area contributed by atoms with Crippen LogP contribution in [0.2, 0.25) is 0 Å². The molecule has 2 N–H and O–H groups in total. The normalized spacial score (nSPS) is 45.8. The Morgan fingerprint density at radius 2 is 1.86 bits per heavy atom. The lowest BCUT2D eigenvalue weighted by Gasteiger charge is -2.32. The quantitative estimate of drug-likeness (QED) is 0.789. The second-order valence-electron chi connectivity index (χ2n) is 7.56. The number of nitrogens with one attached hydrogen (secondary N) is 2. The summed E-state index contributed by atoms with van der Waals surface area (Å²) in [6.07, 6.45) is 6.14. The first-order valence-corrected chi connectivity index (χ1v) is 9.96. The van der Waals surface area contributed by atoms with Crippen LogP contribution in [0.5, 0.6) is 0 Å².